The average Bonchev–Trinajstić information content (AvgIpc) is 2.55. The summed E-state index contributed by atoms with van der Waals surface area (Å²) in [6, 6.07) is 0.952. The molecule has 0 spiro atoms. The summed E-state index contributed by atoms with van der Waals surface area (Å²) >= 11 is 0. The quantitative estimate of drug-likeness (QED) is 0.646. The van der Waals surface area contributed by atoms with Gasteiger partial charge in [-0.25, -0.2) is 0 Å². The Morgan fingerprint density at radius 1 is 1.08 bits per heavy atom. The van der Waals surface area contributed by atoms with E-state index >= 15 is 0 Å². The number of fused-ring (bicyclic) bond motifs is 1. The predicted octanol–water partition coefficient (Wildman–Crippen LogP) is 0.936. The van der Waals surface area contributed by atoms with Crippen molar-refractivity contribution in [2.24, 2.45) is 17.8 Å². The zero-order valence-electron chi connectivity index (χ0n) is 8.50. The van der Waals surface area contributed by atoms with Gasteiger partial charge in [0.2, 0.25) is 0 Å². The van der Waals surface area contributed by atoms with Crippen molar-refractivity contribution in [2.45, 2.75) is 25.8 Å². The maximum Gasteiger partial charge on any atom is 0.0102 e. The normalized spacial score (nSPS) is 46.4. The van der Waals surface area contributed by atoms with E-state index in [1.165, 1.54) is 39.0 Å². The lowest BCUT2D eigenvalue weighted by atomic mass is 9.98. The molecule has 0 aromatic carbocycles. The molecule has 2 aliphatic heterocycles. The number of rotatable bonds is 1. The summed E-state index contributed by atoms with van der Waals surface area (Å²) in [7, 11) is 0. The molecule has 0 aromatic rings. The zero-order valence-corrected chi connectivity index (χ0v) is 8.50. The van der Waals surface area contributed by atoms with Gasteiger partial charge in [0.25, 0.3) is 0 Å². The molecule has 0 amide bonds. The first-order chi connectivity index (χ1) is 6.33. The van der Waals surface area contributed by atoms with E-state index < -0.39 is 0 Å². The van der Waals surface area contributed by atoms with Crippen molar-refractivity contribution in [1.29, 1.82) is 0 Å². The fourth-order valence-electron chi connectivity index (χ4n) is 3.48. The molecule has 1 saturated carbocycles. The molecule has 1 aliphatic carbocycles. The van der Waals surface area contributed by atoms with Crippen LogP contribution >= 0.6 is 0 Å². The number of nitrogens with one attached hydrogen (secondary N) is 1. The molecule has 1 N–H and O–H groups in total. The van der Waals surface area contributed by atoms with Crippen molar-refractivity contribution in [3.05, 3.63) is 0 Å². The first-order valence-electron chi connectivity index (χ1n) is 5.77. The van der Waals surface area contributed by atoms with Gasteiger partial charge in [0.15, 0.2) is 0 Å². The number of likely N-dealkylation sites (tertiary alicyclic amines) is 1. The third kappa shape index (κ3) is 1.31. The van der Waals surface area contributed by atoms with Crippen molar-refractivity contribution in [1.82, 2.24) is 10.2 Å². The van der Waals surface area contributed by atoms with E-state index in [0.29, 0.717) is 0 Å². The van der Waals surface area contributed by atoms with E-state index in [9.17, 15) is 0 Å². The van der Waals surface area contributed by atoms with Crippen LogP contribution < -0.4 is 5.32 Å². The largest absolute Gasteiger partial charge is 0.316 e. The minimum absolute atomic E-state index is 0.952. The Hall–Kier alpha value is -0.0800. The first kappa shape index (κ1) is 8.25. The van der Waals surface area contributed by atoms with Crippen LogP contribution in [0.25, 0.3) is 0 Å². The SMILES string of the molecule is CC1CN(C2C[C@H]3CNC[C@H]3C2)C1. The van der Waals surface area contributed by atoms with Gasteiger partial charge in [-0.3, -0.25) is 4.90 Å². The Balaban J connectivity index is 1.58. The van der Waals surface area contributed by atoms with Gasteiger partial charge in [0.05, 0.1) is 0 Å². The summed E-state index contributed by atoms with van der Waals surface area (Å²) in [6.07, 6.45) is 2.95. The van der Waals surface area contributed by atoms with E-state index in [-0.39, 0.29) is 0 Å². The third-order valence-electron chi connectivity index (χ3n) is 4.24. The maximum atomic E-state index is 3.51. The van der Waals surface area contributed by atoms with Crippen LogP contribution in [0.4, 0.5) is 0 Å². The Labute approximate surface area is 80.7 Å². The smallest absolute Gasteiger partial charge is 0.0102 e. The van der Waals surface area contributed by atoms with Gasteiger partial charge in [-0.1, -0.05) is 6.92 Å². The highest BCUT2D eigenvalue weighted by Gasteiger charge is 2.41. The molecule has 0 bridgehead atoms. The number of nitrogens with zero attached hydrogens (tertiary/aromatic N) is 1. The van der Waals surface area contributed by atoms with Crippen molar-refractivity contribution in [3.63, 3.8) is 0 Å². The monoisotopic (exact) mass is 180 g/mol. The molecule has 3 atom stereocenters. The molecule has 13 heavy (non-hydrogen) atoms. The Kier molecular flexibility index (Phi) is 1.88. The van der Waals surface area contributed by atoms with Gasteiger partial charge < -0.3 is 5.32 Å². The molecule has 0 aromatic heterocycles. The van der Waals surface area contributed by atoms with E-state index in [1.807, 2.05) is 0 Å². The average molecular weight is 180 g/mol. The van der Waals surface area contributed by atoms with Gasteiger partial charge in [0.1, 0.15) is 0 Å². The molecule has 0 radical (unpaired) electrons. The highest BCUT2D eigenvalue weighted by Crippen LogP contribution is 2.38. The molecule has 2 saturated heterocycles. The van der Waals surface area contributed by atoms with Gasteiger partial charge in [-0.05, 0) is 43.7 Å². The molecule has 3 aliphatic rings. The minimum atomic E-state index is 0.952. The first-order valence-corrected chi connectivity index (χ1v) is 5.77. The number of hydrogen-bond donors (Lipinski definition) is 1. The van der Waals surface area contributed by atoms with Crippen molar-refractivity contribution in [2.75, 3.05) is 26.2 Å². The summed E-state index contributed by atoms with van der Waals surface area (Å²) in [5.41, 5.74) is 0. The van der Waals surface area contributed by atoms with E-state index in [1.54, 1.807) is 0 Å². The second-order valence-corrected chi connectivity index (χ2v) is 5.36. The lowest BCUT2D eigenvalue weighted by molar-refractivity contribution is 0.0615. The van der Waals surface area contributed by atoms with Gasteiger partial charge in [0, 0.05) is 19.1 Å². The van der Waals surface area contributed by atoms with Crippen molar-refractivity contribution >= 4 is 0 Å². The summed E-state index contributed by atoms with van der Waals surface area (Å²) in [6.45, 7) is 7.71. The summed E-state index contributed by atoms with van der Waals surface area (Å²) in [5, 5.41) is 3.51. The molecule has 2 heteroatoms. The third-order valence-corrected chi connectivity index (χ3v) is 4.24. The van der Waals surface area contributed by atoms with Crippen LogP contribution in [-0.4, -0.2) is 37.1 Å². The molecule has 3 rings (SSSR count). The van der Waals surface area contributed by atoms with Gasteiger partial charge in [-0.2, -0.15) is 0 Å². The Morgan fingerprint density at radius 3 is 2.23 bits per heavy atom. The van der Waals surface area contributed by atoms with Gasteiger partial charge >= 0.3 is 0 Å². The van der Waals surface area contributed by atoms with Gasteiger partial charge in [-0.15, -0.1) is 0 Å². The molecule has 1 unspecified atom stereocenters. The second-order valence-electron chi connectivity index (χ2n) is 5.36. The molecule has 3 fully saturated rings. The molecular formula is C11H20N2. The van der Waals surface area contributed by atoms with Crippen LogP contribution in [0.3, 0.4) is 0 Å². The molecule has 2 nitrogen and oxygen atoms in total. The van der Waals surface area contributed by atoms with Crippen LogP contribution in [0, 0.1) is 17.8 Å². The topological polar surface area (TPSA) is 15.3 Å². The predicted molar refractivity (Wildman–Crippen MR) is 53.6 cm³/mol. The van der Waals surface area contributed by atoms with Crippen LogP contribution in [-0.2, 0) is 0 Å². The molecule has 2 heterocycles. The standard InChI is InChI=1S/C11H20N2/c1-8-6-13(7-8)11-2-9-4-12-5-10(9)3-11/h8-12H,2-7H2,1H3/t9-,10+,11?. The van der Waals surface area contributed by atoms with Crippen molar-refractivity contribution < 1.29 is 0 Å². The van der Waals surface area contributed by atoms with Crippen LogP contribution in [0.15, 0.2) is 0 Å². The zero-order chi connectivity index (χ0) is 8.84. The highest BCUT2D eigenvalue weighted by molar-refractivity contribution is 4.96. The van der Waals surface area contributed by atoms with Crippen LogP contribution in [0.2, 0.25) is 0 Å². The number of hydrogen-bond acceptors (Lipinski definition) is 2. The molecule has 74 valence electrons. The fourth-order valence-corrected chi connectivity index (χ4v) is 3.48. The summed E-state index contributed by atoms with van der Waals surface area (Å²) in [4.78, 5) is 2.71. The van der Waals surface area contributed by atoms with Crippen LogP contribution in [0.5, 0.6) is 0 Å². The lowest BCUT2D eigenvalue weighted by Crippen LogP contribution is -2.50. The minimum Gasteiger partial charge on any atom is -0.316 e. The van der Waals surface area contributed by atoms with E-state index in [4.69, 9.17) is 0 Å². The second kappa shape index (κ2) is 2.96. The maximum absolute atomic E-state index is 3.51. The lowest BCUT2D eigenvalue weighted by Gasteiger charge is -2.42. The van der Waals surface area contributed by atoms with Crippen LogP contribution in [0.1, 0.15) is 19.8 Å². The Bertz CT molecular complexity index is 186. The summed E-state index contributed by atoms with van der Waals surface area (Å²) < 4.78 is 0. The molecular weight excluding hydrogens is 160 g/mol. The van der Waals surface area contributed by atoms with Crippen molar-refractivity contribution in [3.8, 4) is 0 Å². The van der Waals surface area contributed by atoms with E-state index in [0.717, 1.165) is 23.8 Å². The van der Waals surface area contributed by atoms with E-state index in [2.05, 4.69) is 17.1 Å². The summed E-state index contributed by atoms with van der Waals surface area (Å²) in [5.74, 6) is 3.00. The fraction of sp³-hybridized carbons (Fsp3) is 1.00. The Morgan fingerprint density at radius 2 is 1.69 bits per heavy atom. The highest BCUT2D eigenvalue weighted by atomic mass is 15.2.